The Balaban J connectivity index is 0.000000360. The summed E-state index contributed by atoms with van der Waals surface area (Å²) in [7, 11) is 0. The number of ether oxygens (including phenoxy) is 2. The monoisotopic (exact) mass is 95.1 g/mol. The maximum Gasteiger partial charge on any atom is 0.0701 e. The first-order chi connectivity index (χ1) is 3.00. The first-order valence-electron chi connectivity index (χ1n) is 2.15. The van der Waals surface area contributed by atoms with E-state index in [-0.39, 0.29) is 18.9 Å². The Kier molecular flexibility index (Phi) is 5.02. The third-order valence-electron chi connectivity index (χ3n) is 0.744. The molecule has 2 nitrogen and oxygen atoms in total. The molecule has 3 heteroatoms. The van der Waals surface area contributed by atoms with Crippen LogP contribution in [0.1, 0.15) is 0 Å². The van der Waals surface area contributed by atoms with Crippen LogP contribution in [-0.2, 0) is 9.47 Å². The average molecular weight is 95.0 g/mol. The SMILES string of the molecule is C1COCCO1.[Li]. The molecule has 1 rings (SSSR count). The molecule has 0 aromatic carbocycles. The number of hydrogen-bond donors (Lipinski definition) is 0. The van der Waals surface area contributed by atoms with E-state index in [1.54, 1.807) is 0 Å². The maximum absolute atomic E-state index is 4.94. The van der Waals surface area contributed by atoms with Gasteiger partial charge in [-0.25, -0.2) is 0 Å². The van der Waals surface area contributed by atoms with Crippen LogP contribution in [0.15, 0.2) is 0 Å². The molecule has 1 heterocycles. The molecule has 0 spiro atoms. The van der Waals surface area contributed by atoms with Gasteiger partial charge in [0.2, 0.25) is 0 Å². The van der Waals surface area contributed by atoms with Gasteiger partial charge in [0.05, 0.1) is 26.4 Å². The summed E-state index contributed by atoms with van der Waals surface area (Å²) in [6, 6.07) is 0. The fraction of sp³-hybridized carbons (Fsp3) is 1.00. The van der Waals surface area contributed by atoms with Gasteiger partial charge in [0.1, 0.15) is 0 Å². The first-order valence-corrected chi connectivity index (χ1v) is 2.15. The van der Waals surface area contributed by atoms with Gasteiger partial charge in [-0.1, -0.05) is 0 Å². The quantitative estimate of drug-likeness (QED) is 0.383. The van der Waals surface area contributed by atoms with Crippen LogP contribution in [0, 0.1) is 0 Å². The molecule has 37 valence electrons. The van der Waals surface area contributed by atoms with Crippen molar-refractivity contribution >= 4 is 18.9 Å². The van der Waals surface area contributed by atoms with Crippen LogP contribution < -0.4 is 0 Å². The van der Waals surface area contributed by atoms with E-state index in [1.807, 2.05) is 0 Å². The molecule has 1 aliphatic rings. The maximum atomic E-state index is 4.94. The van der Waals surface area contributed by atoms with Crippen LogP contribution in [0.25, 0.3) is 0 Å². The van der Waals surface area contributed by atoms with Gasteiger partial charge in [0.15, 0.2) is 0 Å². The van der Waals surface area contributed by atoms with E-state index in [2.05, 4.69) is 0 Å². The molecular weight excluding hydrogens is 87.0 g/mol. The molecule has 1 saturated heterocycles. The van der Waals surface area contributed by atoms with Crippen molar-refractivity contribution in [3.8, 4) is 0 Å². The van der Waals surface area contributed by atoms with E-state index >= 15 is 0 Å². The number of hydrogen-bond acceptors (Lipinski definition) is 2. The summed E-state index contributed by atoms with van der Waals surface area (Å²) in [6.45, 7) is 3.11. The molecular formula is C4H8LiO2. The van der Waals surface area contributed by atoms with Gasteiger partial charge < -0.3 is 9.47 Å². The Bertz CT molecular complexity index is 25.2. The molecule has 1 fully saturated rings. The molecule has 0 N–H and O–H groups in total. The summed E-state index contributed by atoms with van der Waals surface area (Å²) >= 11 is 0. The van der Waals surface area contributed by atoms with Crippen molar-refractivity contribution in [2.75, 3.05) is 26.4 Å². The van der Waals surface area contributed by atoms with Crippen LogP contribution in [0.5, 0.6) is 0 Å². The largest absolute Gasteiger partial charge is 0.377 e. The van der Waals surface area contributed by atoms with Gasteiger partial charge in [-0.2, -0.15) is 0 Å². The molecule has 0 unspecified atom stereocenters. The summed E-state index contributed by atoms with van der Waals surface area (Å²) < 4.78 is 9.89. The van der Waals surface area contributed by atoms with Crippen LogP contribution >= 0.6 is 0 Å². The minimum Gasteiger partial charge on any atom is -0.377 e. The van der Waals surface area contributed by atoms with Crippen molar-refractivity contribution in [1.82, 2.24) is 0 Å². The van der Waals surface area contributed by atoms with Crippen molar-refractivity contribution < 1.29 is 9.47 Å². The summed E-state index contributed by atoms with van der Waals surface area (Å²) in [5.74, 6) is 0. The molecule has 1 aliphatic heterocycles. The van der Waals surface area contributed by atoms with Gasteiger partial charge in [-0.3, -0.25) is 0 Å². The molecule has 0 amide bonds. The Morgan fingerprint density at radius 2 is 1.00 bits per heavy atom. The topological polar surface area (TPSA) is 18.5 Å². The molecule has 0 aromatic rings. The Morgan fingerprint density at radius 3 is 1.14 bits per heavy atom. The van der Waals surface area contributed by atoms with Crippen LogP contribution in [0.2, 0.25) is 0 Å². The fourth-order valence-electron chi connectivity index (χ4n) is 0.440. The van der Waals surface area contributed by atoms with Crippen LogP contribution in [0.3, 0.4) is 0 Å². The van der Waals surface area contributed by atoms with E-state index in [9.17, 15) is 0 Å². The third kappa shape index (κ3) is 3.13. The van der Waals surface area contributed by atoms with Crippen molar-refractivity contribution in [3.63, 3.8) is 0 Å². The van der Waals surface area contributed by atoms with Gasteiger partial charge in [-0.15, -0.1) is 0 Å². The molecule has 0 saturated carbocycles. The van der Waals surface area contributed by atoms with E-state index < -0.39 is 0 Å². The average Bonchev–Trinajstić information content (AvgIpc) is 1.72. The summed E-state index contributed by atoms with van der Waals surface area (Å²) in [6.07, 6.45) is 0. The molecule has 0 aliphatic carbocycles. The summed E-state index contributed by atoms with van der Waals surface area (Å²) in [5.41, 5.74) is 0. The summed E-state index contributed by atoms with van der Waals surface area (Å²) in [5, 5.41) is 0. The first kappa shape index (κ1) is 7.52. The zero-order valence-corrected chi connectivity index (χ0v) is 4.64. The van der Waals surface area contributed by atoms with E-state index in [1.165, 1.54) is 0 Å². The zero-order valence-electron chi connectivity index (χ0n) is 4.64. The molecule has 0 bridgehead atoms. The summed E-state index contributed by atoms with van der Waals surface area (Å²) in [4.78, 5) is 0. The molecule has 1 radical (unpaired) electrons. The predicted octanol–water partition coefficient (Wildman–Crippen LogP) is -0.348. The van der Waals surface area contributed by atoms with Crippen LogP contribution in [-0.4, -0.2) is 45.3 Å². The fourth-order valence-corrected chi connectivity index (χ4v) is 0.440. The second-order valence-corrected chi connectivity index (χ2v) is 1.22. The third-order valence-corrected chi connectivity index (χ3v) is 0.744. The van der Waals surface area contributed by atoms with E-state index in [4.69, 9.17) is 9.47 Å². The Morgan fingerprint density at radius 1 is 0.714 bits per heavy atom. The van der Waals surface area contributed by atoms with Crippen LogP contribution in [0.4, 0.5) is 0 Å². The normalized spacial score (nSPS) is 20.6. The number of rotatable bonds is 0. The van der Waals surface area contributed by atoms with Crippen molar-refractivity contribution in [2.24, 2.45) is 0 Å². The van der Waals surface area contributed by atoms with Gasteiger partial charge in [0.25, 0.3) is 0 Å². The van der Waals surface area contributed by atoms with Gasteiger partial charge in [0, 0.05) is 18.9 Å². The molecule has 0 aromatic heterocycles. The standard InChI is InChI=1S/C4H8O2.Li/c1-2-6-4-3-5-1;/h1-4H2;. The Labute approximate surface area is 55.4 Å². The second-order valence-electron chi connectivity index (χ2n) is 1.22. The second kappa shape index (κ2) is 4.67. The Hall–Kier alpha value is 0.517. The van der Waals surface area contributed by atoms with Gasteiger partial charge in [-0.05, 0) is 0 Å². The van der Waals surface area contributed by atoms with Gasteiger partial charge >= 0.3 is 0 Å². The van der Waals surface area contributed by atoms with E-state index in [0.29, 0.717) is 0 Å². The molecule has 7 heavy (non-hydrogen) atoms. The minimum atomic E-state index is 0. The van der Waals surface area contributed by atoms with Crippen molar-refractivity contribution in [3.05, 3.63) is 0 Å². The zero-order chi connectivity index (χ0) is 4.24. The minimum absolute atomic E-state index is 0. The smallest absolute Gasteiger partial charge is 0.0701 e. The van der Waals surface area contributed by atoms with Crippen molar-refractivity contribution in [2.45, 2.75) is 0 Å². The van der Waals surface area contributed by atoms with Crippen molar-refractivity contribution in [1.29, 1.82) is 0 Å². The molecule has 0 atom stereocenters. The predicted molar refractivity (Wildman–Crippen MR) is 27.4 cm³/mol. The van der Waals surface area contributed by atoms with E-state index in [0.717, 1.165) is 26.4 Å².